The molecule has 0 bridgehead atoms. The highest BCUT2D eigenvalue weighted by Crippen LogP contribution is 2.50. The van der Waals surface area contributed by atoms with Gasteiger partial charge in [0.2, 0.25) is 0 Å². The highest BCUT2D eigenvalue weighted by molar-refractivity contribution is 5.83. The SMILES string of the molecule is COc1ccc(C2(C(=O)O)CCC2C)cc1OC. The van der Waals surface area contributed by atoms with Gasteiger partial charge in [-0.15, -0.1) is 0 Å². The van der Waals surface area contributed by atoms with Gasteiger partial charge in [0, 0.05) is 0 Å². The largest absolute Gasteiger partial charge is 0.493 e. The molecule has 1 aromatic rings. The van der Waals surface area contributed by atoms with Gasteiger partial charge in [-0.25, -0.2) is 0 Å². The lowest BCUT2D eigenvalue weighted by atomic mass is 9.57. The highest BCUT2D eigenvalue weighted by Gasteiger charge is 2.52. The summed E-state index contributed by atoms with van der Waals surface area (Å²) in [5.74, 6) is 0.588. The van der Waals surface area contributed by atoms with Crippen LogP contribution in [0.4, 0.5) is 0 Å². The number of carbonyl (C=O) groups is 1. The molecule has 2 rings (SSSR count). The molecule has 1 aliphatic carbocycles. The predicted molar refractivity (Wildman–Crippen MR) is 67.3 cm³/mol. The van der Waals surface area contributed by atoms with Crippen molar-refractivity contribution in [3.63, 3.8) is 0 Å². The monoisotopic (exact) mass is 250 g/mol. The van der Waals surface area contributed by atoms with E-state index < -0.39 is 11.4 Å². The van der Waals surface area contributed by atoms with Gasteiger partial charge in [-0.1, -0.05) is 13.0 Å². The minimum atomic E-state index is -0.764. The minimum absolute atomic E-state index is 0.146. The van der Waals surface area contributed by atoms with Gasteiger partial charge in [0.15, 0.2) is 11.5 Å². The zero-order chi connectivity index (χ0) is 13.3. The molecule has 1 aromatic carbocycles. The van der Waals surface area contributed by atoms with E-state index in [1.54, 1.807) is 26.4 Å². The van der Waals surface area contributed by atoms with Crippen LogP contribution >= 0.6 is 0 Å². The van der Waals surface area contributed by atoms with Crippen molar-refractivity contribution in [3.05, 3.63) is 23.8 Å². The lowest BCUT2D eigenvalue weighted by molar-refractivity contribution is -0.151. The fourth-order valence-corrected chi connectivity index (χ4v) is 2.71. The number of hydrogen-bond acceptors (Lipinski definition) is 3. The van der Waals surface area contributed by atoms with Gasteiger partial charge in [-0.3, -0.25) is 4.79 Å². The number of methoxy groups -OCH3 is 2. The fourth-order valence-electron chi connectivity index (χ4n) is 2.71. The Bertz CT molecular complexity index is 469. The molecule has 0 spiro atoms. The molecule has 4 nitrogen and oxygen atoms in total. The average molecular weight is 250 g/mol. The van der Waals surface area contributed by atoms with Gasteiger partial charge < -0.3 is 14.6 Å². The van der Waals surface area contributed by atoms with Crippen LogP contribution in [0.25, 0.3) is 0 Å². The van der Waals surface area contributed by atoms with Crippen molar-refractivity contribution in [2.75, 3.05) is 14.2 Å². The topological polar surface area (TPSA) is 55.8 Å². The molecule has 2 unspecified atom stereocenters. The molecule has 0 amide bonds. The van der Waals surface area contributed by atoms with Crippen molar-refractivity contribution >= 4 is 5.97 Å². The van der Waals surface area contributed by atoms with Crippen LogP contribution in [0.5, 0.6) is 11.5 Å². The Hall–Kier alpha value is -1.71. The second-order valence-electron chi connectivity index (χ2n) is 4.79. The van der Waals surface area contributed by atoms with E-state index in [2.05, 4.69) is 0 Å². The summed E-state index contributed by atoms with van der Waals surface area (Å²) in [5.41, 5.74) is 0.0333. The molecule has 2 atom stereocenters. The third-order valence-electron chi connectivity index (χ3n) is 4.09. The second kappa shape index (κ2) is 4.52. The first kappa shape index (κ1) is 12.7. The number of carboxylic acids is 1. The molecule has 0 heterocycles. The summed E-state index contributed by atoms with van der Waals surface area (Å²) in [6, 6.07) is 5.37. The van der Waals surface area contributed by atoms with Gasteiger partial charge in [0.1, 0.15) is 0 Å². The molecule has 0 saturated heterocycles. The van der Waals surface area contributed by atoms with E-state index in [0.717, 1.165) is 12.0 Å². The molecule has 0 radical (unpaired) electrons. The number of carboxylic acid groups (broad SMARTS) is 1. The Morgan fingerprint density at radius 3 is 2.39 bits per heavy atom. The Balaban J connectivity index is 2.47. The maximum Gasteiger partial charge on any atom is 0.314 e. The molecule has 1 saturated carbocycles. The maximum atomic E-state index is 11.6. The molecule has 1 N–H and O–H groups in total. The summed E-state index contributed by atoms with van der Waals surface area (Å²) >= 11 is 0. The van der Waals surface area contributed by atoms with E-state index >= 15 is 0 Å². The Morgan fingerprint density at radius 2 is 2.00 bits per heavy atom. The normalized spacial score (nSPS) is 26.3. The summed E-state index contributed by atoms with van der Waals surface area (Å²) < 4.78 is 10.4. The smallest absolute Gasteiger partial charge is 0.314 e. The van der Waals surface area contributed by atoms with Crippen molar-refractivity contribution in [1.29, 1.82) is 0 Å². The Kier molecular flexibility index (Phi) is 3.20. The third-order valence-corrected chi connectivity index (χ3v) is 4.09. The quantitative estimate of drug-likeness (QED) is 0.891. The van der Waals surface area contributed by atoms with Crippen molar-refractivity contribution in [1.82, 2.24) is 0 Å². The van der Waals surface area contributed by atoms with Gasteiger partial charge in [0.25, 0.3) is 0 Å². The van der Waals surface area contributed by atoms with E-state index in [-0.39, 0.29) is 5.92 Å². The summed E-state index contributed by atoms with van der Waals surface area (Å²) in [4.78, 5) is 11.6. The molecule has 1 aliphatic rings. The summed E-state index contributed by atoms with van der Waals surface area (Å²) in [5, 5.41) is 9.53. The summed E-state index contributed by atoms with van der Waals surface area (Å²) in [6.45, 7) is 1.98. The molecule has 4 heteroatoms. The number of rotatable bonds is 4. The molecular formula is C14H18O4. The fraction of sp³-hybridized carbons (Fsp3) is 0.500. The highest BCUT2D eigenvalue weighted by atomic mass is 16.5. The van der Waals surface area contributed by atoms with Crippen LogP contribution in [0.15, 0.2) is 18.2 Å². The van der Waals surface area contributed by atoms with E-state index in [9.17, 15) is 9.90 Å². The molecule has 98 valence electrons. The minimum Gasteiger partial charge on any atom is -0.493 e. The molecule has 1 fully saturated rings. The van der Waals surface area contributed by atoms with Crippen molar-refractivity contribution < 1.29 is 19.4 Å². The zero-order valence-electron chi connectivity index (χ0n) is 10.9. The lowest BCUT2D eigenvalue weighted by Crippen LogP contribution is -2.49. The van der Waals surface area contributed by atoms with Crippen molar-refractivity contribution in [2.24, 2.45) is 5.92 Å². The van der Waals surface area contributed by atoms with Gasteiger partial charge in [0.05, 0.1) is 19.6 Å². The van der Waals surface area contributed by atoms with Crippen LogP contribution in [0.3, 0.4) is 0 Å². The van der Waals surface area contributed by atoms with Gasteiger partial charge in [-0.05, 0) is 36.5 Å². The maximum absolute atomic E-state index is 11.6. The van der Waals surface area contributed by atoms with E-state index in [0.29, 0.717) is 17.9 Å². The first-order chi connectivity index (χ1) is 8.56. The van der Waals surface area contributed by atoms with E-state index in [4.69, 9.17) is 9.47 Å². The Labute approximate surface area is 107 Å². The Morgan fingerprint density at radius 1 is 1.33 bits per heavy atom. The molecular weight excluding hydrogens is 232 g/mol. The number of hydrogen-bond donors (Lipinski definition) is 1. The first-order valence-corrected chi connectivity index (χ1v) is 6.02. The molecule has 18 heavy (non-hydrogen) atoms. The van der Waals surface area contributed by atoms with Crippen LogP contribution in [0.2, 0.25) is 0 Å². The molecule has 0 aliphatic heterocycles. The van der Waals surface area contributed by atoms with Crippen LogP contribution in [0, 0.1) is 5.92 Å². The van der Waals surface area contributed by atoms with Crippen molar-refractivity contribution in [3.8, 4) is 11.5 Å². The van der Waals surface area contributed by atoms with Crippen LogP contribution in [-0.4, -0.2) is 25.3 Å². The van der Waals surface area contributed by atoms with Crippen LogP contribution in [0.1, 0.15) is 25.3 Å². The predicted octanol–water partition coefficient (Wildman–Crippen LogP) is 2.46. The zero-order valence-corrected chi connectivity index (χ0v) is 10.9. The van der Waals surface area contributed by atoms with Gasteiger partial charge in [-0.2, -0.15) is 0 Å². The summed E-state index contributed by atoms with van der Waals surface area (Å²) in [7, 11) is 3.12. The van der Waals surface area contributed by atoms with E-state index in [1.807, 2.05) is 13.0 Å². The van der Waals surface area contributed by atoms with Crippen LogP contribution in [-0.2, 0) is 10.2 Å². The van der Waals surface area contributed by atoms with E-state index in [1.165, 1.54) is 0 Å². The van der Waals surface area contributed by atoms with Gasteiger partial charge >= 0.3 is 5.97 Å². The number of benzene rings is 1. The lowest BCUT2D eigenvalue weighted by Gasteiger charge is -2.45. The van der Waals surface area contributed by atoms with Crippen molar-refractivity contribution in [2.45, 2.75) is 25.2 Å². The summed E-state index contributed by atoms with van der Waals surface area (Å²) in [6.07, 6.45) is 1.62. The number of ether oxygens (including phenoxy) is 2. The second-order valence-corrected chi connectivity index (χ2v) is 4.79. The average Bonchev–Trinajstić information content (AvgIpc) is 2.36. The molecule has 0 aromatic heterocycles. The standard InChI is InChI=1S/C14H18O4/c1-9-6-7-14(9,13(15)16)10-4-5-11(17-2)12(8-10)18-3/h4-5,8-9H,6-7H2,1-3H3,(H,15,16). The van der Waals surface area contributed by atoms with Crippen LogP contribution < -0.4 is 9.47 Å². The number of aliphatic carboxylic acids is 1. The third kappa shape index (κ3) is 1.64. The first-order valence-electron chi connectivity index (χ1n) is 6.02.